The van der Waals surface area contributed by atoms with Gasteiger partial charge in [-0.3, -0.25) is 4.90 Å². The highest BCUT2D eigenvalue weighted by molar-refractivity contribution is 6.30. The van der Waals surface area contributed by atoms with Gasteiger partial charge in [0.25, 0.3) is 0 Å². The molecule has 0 aliphatic rings. The van der Waals surface area contributed by atoms with Crippen LogP contribution in [0.25, 0.3) is 11.4 Å². The van der Waals surface area contributed by atoms with Crippen LogP contribution >= 0.6 is 11.6 Å². The molecule has 0 aliphatic carbocycles. The van der Waals surface area contributed by atoms with E-state index in [2.05, 4.69) is 87.4 Å². The zero-order valence-electron chi connectivity index (χ0n) is 22.6. The Bertz CT molecular complexity index is 1090. The van der Waals surface area contributed by atoms with Crippen molar-refractivity contribution in [2.75, 3.05) is 13.2 Å². The normalized spacial score (nSPS) is 11.9. The predicted molar refractivity (Wildman–Crippen MR) is 148 cm³/mol. The highest BCUT2D eigenvalue weighted by Crippen LogP contribution is 2.32. The van der Waals surface area contributed by atoms with Crippen LogP contribution in [-0.4, -0.2) is 27.6 Å². The number of benzene rings is 2. The van der Waals surface area contributed by atoms with Crippen LogP contribution in [0, 0.1) is 19.3 Å². The van der Waals surface area contributed by atoms with E-state index in [1.54, 1.807) is 0 Å². The second-order valence-corrected chi connectivity index (χ2v) is 11.1. The first-order valence-electron chi connectivity index (χ1n) is 12.9. The molecule has 0 N–H and O–H groups in total. The number of halogens is 1. The number of aryl methyl sites for hydroxylation is 2. The molecule has 3 aromatic rings. The quantitative estimate of drug-likeness (QED) is 0.269. The van der Waals surface area contributed by atoms with E-state index in [1.807, 2.05) is 13.0 Å². The van der Waals surface area contributed by atoms with Crippen molar-refractivity contribution in [3.05, 3.63) is 70.0 Å². The zero-order valence-corrected chi connectivity index (χ0v) is 23.4. The number of aromatic nitrogens is 2. The number of imidazole rings is 1. The Balaban J connectivity index is 2.01. The van der Waals surface area contributed by atoms with Crippen molar-refractivity contribution >= 4 is 11.6 Å². The number of nitrogens with zero attached hydrogens (tertiary/aromatic N) is 3. The van der Waals surface area contributed by atoms with Crippen molar-refractivity contribution in [1.82, 2.24) is 14.5 Å². The molecule has 35 heavy (non-hydrogen) atoms. The third-order valence-corrected chi connectivity index (χ3v) is 6.45. The number of rotatable bonds is 11. The summed E-state index contributed by atoms with van der Waals surface area (Å²) in [5.74, 6) is 1.91. The summed E-state index contributed by atoms with van der Waals surface area (Å²) in [6.07, 6.45) is 2.21. The summed E-state index contributed by atoms with van der Waals surface area (Å²) in [6, 6.07) is 14.9. The van der Waals surface area contributed by atoms with E-state index < -0.39 is 0 Å². The summed E-state index contributed by atoms with van der Waals surface area (Å²) in [4.78, 5) is 7.42. The number of ether oxygens (including phenoxy) is 1. The van der Waals surface area contributed by atoms with Crippen molar-refractivity contribution in [3.63, 3.8) is 0 Å². The average Bonchev–Trinajstić information content (AvgIpc) is 3.06. The van der Waals surface area contributed by atoms with Crippen molar-refractivity contribution in [2.45, 2.75) is 80.9 Å². The van der Waals surface area contributed by atoms with Crippen molar-refractivity contribution in [1.29, 1.82) is 0 Å². The molecule has 5 heteroatoms. The summed E-state index contributed by atoms with van der Waals surface area (Å²) in [5.41, 5.74) is 6.15. The number of hydrogen-bond acceptors (Lipinski definition) is 3. The van der Waals surface area contributed by atoms with E-state index in [-0.39, 0.29) is 5.41 Å². The van der Waals surface area contributed by atoms with Crippen LogP contribution in [-0.2, 0) is 19.6 Å². The van der Waals surface area contributed by atoms with Crippen molar-refractivity contribution < 1.29 is 4.74 Å². The van der Waals surface area contributed by atoms with Gasteiger partial charge in [-0.2, -0.15) is 0 Å². The summed E-state index contributed by atoms with van der Waals surface area (Å²) in [7, 11) is 0. The van der Waals surface area contributed by atoms with Crippen molar-refractivity contribution in [3.8, 4) is 17.1 Å². The number of unbranched alkanes of at least 4 members (excludes halogenated alkanes) is 1. The molecule has 0 fully saturated rings. The van der Waals surface area contributed by atoms with Gasteiger partial charge in [-0.25, -0.2) is 4.98 Å². The molecule has 0 spiro atoms. The van der Waals surface area contributed by atoms with E-state index in [4.69, 9.17) is 21.3 Å². The predicted octanol–water partition coefficient (Wildman–Crippen LogP) is 8.07. The molecule has 0 unspecified atom stereocenters. The van der Waals surface area contributed by atoms with Gasteiger partial charge >= 0.3 is 0 Å². The maximum absolute atomic E-state index is 6.89. The summed E-state index contributed by atoms with van der Waals surface area (Å²) < 4.78 is 8.12. The maximum atomic E-state index is 6.89. The molecule has 0 saturated carbocycles. The van der Waals surface area contributed by atoms with E-state index in [1.165, 1.54) is 22.3 Å². The molecular formula is C30H42ClN3O. The van der Waals surface area contributed by atoms with Crippen LogP contribution in [0.4, 0.5) is 0 Å². The molecule has 0 radical (unpaired) electrons. The average molecular weight is 496 g/mol. The van der Waals surface area contributed by atoms with Gasteiger partial charge in [0.1, 0.15) is 11.6 Å². The van der Waals surface area contributed by atoms with Crippen molar-refractivity contribution in [2.24, 2.45) is 5.41 Å². The Hall–Kier alpha value is -2.30. The van der Waals surface area contributed by atoms with Crippen LogP contribution in [0.5, 0.6) is 5.75 Å². The second kappa shape index (κ2) is 12.1. The molecule has 1 heterocycles. The maximum Gasteiger partial charge on any atom is 0.152 e. The van der Waals surface area contributed by atoms with Crippen LogP contribution in [0.15, 0.2) is 42.5 Å². The fourth-order valence-corrected chi connectivity index (χ4v) is 4.97. The first-order valence-corrected chi connectivity index (χ1v) is 13.3. The van der Waals surface area contributed by atoms with Crippen LogP contribution in [0.3, 0.4) is 0 Å². The third-order valence-electron chi connectivity index (χ3n) is 6.15. The Morgan fingerprint density at radius 1 is 1.00 bits per heavy atom. The van der Waals surface area contributed by atoms with Gasteiger partial charge < -0.3 is 9.30 Å². The molecule has 4 nitrogen and oxygen atoms in total. The summed E-state index contributed by atoms with van der Waals surface area (Å²) in [5, 5.41) is 0.612. The SMILES string of the molecule is CCCCn1c(-c2c(C)cccc2C)nc(Cl)c1CN(Cc1cccc(OCC)c1)CC(C)(C)C. The van der Waals surface area contributed by atoms with Crippen LogP contribution < -0.4 is 4.74 Å². The van der Waals surface area contributed by atoms with Gasteiger partial charge in [0.05, 0.1) is 12.3 Å². The largest absolute Gasteiger partial charge is 0.494 e. The lowest BCUT2D eigenvalue weighted by Crippen LogP contribution is -2.32. The Morgan fingerprint density at radius 2 is 1.69 bits per heavy atom. The lowest BCUT2D eigenvalue weighted by atomic mass is 9.95. The highest BCUT2D eigenvalue weighted by atomic mass is 35.5. The second-order valence-electron chi connectivity index (χ2n) is 10.7. The zero-order chi connectivity index (χ0) is 25.6. The Morgan fingerprint density at radius 3 is 2.31 bits per heavy atom. The molecule has 0 saturated heterocycles. The van der Waals surface area contributed by atoms with Crippen LogP contribution in [0.2, 0.25) is 5.15 Å². The molecule has 1 aromatic heterocycles. The minimum absolute atomic E-state index is 0.147. The fraction of sp³-hybridized carbons (Fsp3) is 0.500. The van der Waals surface area contributed by atoms with E-state index in [0.29, 0.717) is 11.8 Å². The van der Waals surface area contributed by atoms with E-state index in [0.717, 1.165) is 56.3 Å². The summed E-state index contributed by atoms with van der Waals surface area (Å²) in [6.45, 7) is 19.5. The lowest BCUT2D eigenvalue weighted by Gasteiger charge is -2.30. The number of hydrogen-bond donors (Lipinski definition) is 0. The molecule has 2 aromatic carbocycles. The molecule has 0 aliphatic heterocycles. The molecule has 190 valence electrons. The van der Waals surface area contributed by atoms with Gasteiger partial charge in [0, 0.05) is 31.7 Å². The Kier molecular flexibility index (Phi) is 9.43. The fourth-order valence-electron chi connectivity index (χ4n) is 4.73. The van der Waals surface area contributed by atoms with Gasteiger partial charge in [0.2, 0.25) is 0 Å². The smallest absolute Gasteiger partial charge is 0.152 e. The molecule has 0 atom stereocenters. The monoisotopic (exact) mass is 495 g/mol. The molecule has 3 rings (SSSR count). The first kappa shape index (κ1) is 27.3. The molecule has 0 bridgehead atoms. The van der Waals surface area contributed by atoms with Gasteiger partial charge in [0.15, 0.2) is 5.15 Å². The van der Waals surface area contributed by atoms with Gasteiger partial charge in [-0.1, -0.05) is 76.0 Å². The minimum Gasteiger partial charge on any atom is -0.494 e. The standard InChI is InChI=1S/C30H42ClN3O/c1-8-10-17-34-26(28(31)32-29(34)27-22(3)13-11-14-23(27)4)20-33(21-30(5,6)7)19-24-15-12-16-25(18-24)35-9-2/h11-16,18H,8-10,17,19-21H2,1-7H3. The topological polar surface area (TPSA) is 30.3 Å². The van der Waals surface area contributed by atoms with Crippen LogP contribution in [0.1, 0.15) is 69.8 Å². The lowest BCUT2D eigenvalue weighted by molar-refractivity contribution is 0.172. The highest BCUT2D eigenvalue weighted by Gasteiger charge is 2.24. The van der Waals surface area contributed by atoms with E-state index in [9.17, 15) is 0 Å². The Labute approximate surface area is 217 Å². The molecular weight excluding hydrogens is 454 g/mol. The van der Waals surface area contributed by atoms with E-state index >= 15 is 0 Å². The molecule has 0 amide bonds. The van der Waals surface area contributed by atoms with Gasteiger partial charge in [-0.15, -0.1) is 0 Å². The van der Waals surface area contributed by atoms with Gasteiger partial charge in [-0.05, 0) is 61.4 Å². The third kappa shape index (κ3) is 7.35. The first-order chi connectivity index (χ1) is 16.6. The minimum atomic E-state index is 0.147. The summed E-state index contributed by atoms with van der Waals surface area (Å²) >= 11 is 6.89.